The predicted octanol–water partition coefficient (Wildman–Crippen LogP) is 20.9. The molecule has 0 aliphatic carbocycles. The first-order chi connectivity index (χ1) is 36.5. The van der Waals surface area contributed by atoms with E-state index in [4.69, 9.17) is 4.74 Å². The Labute approximate surface area is 461 Å². The summed E-state index contributed by atoms with van der Waals surface area (Å²) < 4.78 is 5.47. The van der Waals surface area contributed by atoms with E-state index in [1.165, 1.54) is 257 Å². The van der Waals surface area contributed by atoms with Crippen LogP contribution < -0.4 is 5.32 Å². The molecule has 6 heteroatoms. The standard InChI is InChI=1S/C68H127NO5/c1-3-5-7-9-11-13-15-17-19-20-21-27-30-33-36-40-44-48-52-56-60-66(71)65(64-70)69-67(72)61-57-53-49-45-41-37-34-31-28-25-23-22-24-26-29-32-35-39-43-47-51-55-59-63-74-68(73)62-58-54-50-46-42-38-18-16-14-12-10-8-6-4-2/h16,18,22,24-25,28,56,60,65-66,70-71H,3-15,17,19-21,23,26-27,29-55,57-59,61-64H2,1-2H3,(H,69,72)/b18-16-,24-22-,28-25-,60-56+. The highest BCUT2D eigenvalue weighted by molar-refractivity contribution is 5.76. The quantitative estimate of drug-likeness (QED) is 0.0320. The maximum Gasteiger partial charge on any atom is 0.305 e. The van der Waals surface area contributed by atoms with Gasteiger partial charge >= 0.3 is 5.97 Å². The first-order valence-electron chi connectivity index (χ1n) is 32.9. The lowest BCUT2D eigenvalue weighted by Crippen LogP contribution is -2.45. The third-order valence-corrected chi connectivity index (χ3v) is 15.1. The zero-order chi connectivity index (χ0) is 53.6. The van der Waals surface area contributed by atoms with Crippen LogP contribution in [0.3, 0.4) is 0 Å². The van der Waals surface area contributed by atoms with Crippen molar-refractivity contribution in [3.05, 3.63) is 48.6 Å². The van der Waals surface area contributed by atoms with Crippen molar-refractivity contribution in [3.63, 3.8) is 0 Å². The van der Waals surface area contributed by atoms with Crippen molar-refractivity contribution >= 4 is 11.9 Å². The monoisotopic (exact) mass is 1040 g/mol. The predicted molar refractivity (Wildman–Crippen MR) is 324 cm³/mol. The molecule has 434 valence electrons. The summed E-state index contributed by atoms with van der Waals surface area (Å²) in [6, 6.07) is -0.637. The van der Waals surface area contributed by atoms with Crippen LogP contribution in [0.5, 0.6) is 0 Å². The second kappa shape index (κ2) is 63.4. The summed E-state index contributed by atoms with van der Waals surface area (Å²) in [5, 5.41) is 23.2. The highest BCUT2D eigenvalue weighted by atomic mass is 16.5. The number of amides is 1. The number of rotatable bonds is 61. The van der Waals surface area contributed by atoms with Gasteiger partial charge < -0.3 is 20.3 Å². The minimum Gasteiger partial charge on any atom is -0.466 e. The van der Waals surface area contributed by atoms with E-state index >= 15 is 0 Å². The van der Waals surface area contributed by atoms with Gasteiger partial charge in [-0.25, -0.2) is 0 Å². The van der Waals surface area contributed by atoms with Gasteiger partial charge in [0.05, 0.1) is 25.4 Å². The summed E-state index contributed by atoms with van der Waals surface area (Å²) in [5.74, 6) is -0.0784. The molecule has 0 spiro atoms. The highest BCUT2D eigenvalue weighted by Gasteiger charge is 2.18. The maximum atomic E-state index is 12.5. The average molecular weight is 1040 g/mol. The molecule has 2 atom stereocenters. The molecule has 0 saturated carbocycles. The summed E-state index contributed by atoms with van der Waals surface area (Å²) in [7, 11) is 0. The molecule has 1 amide bonds. The van der Waals surface area contributed by atoms with E-state index in [2.05, 4.69) is 55.6 Å². The van der Waals surface area contributed by atoms with Crippen molar-refractivity contribution in [2.75, 3.05) is 13.2 Å². The summed E-state index contributed by atoms with van der Waals surface area (Å²) >= 11 is 0. The Kier molecular flexibility index (Phi) is 61.5. The number of esters is 1. The van der Waals surface area contributed by atoms with E-state index in [0.29, 0.717) is 19.4 Å². The van der Waals surface area contributed by atoms with Gasteiger partial charge in [-0.2, -0.15) is 0 Å². The molecule has 0 bridgehead atoms. The summed E-state index contributed by atoms with van der Waals surface area (Å²) in [4.78, 5) is 24.5. The fourth-order valence-corrected chi connectivity index (χ4v) is 10.0. The normalized spacial score (nSPS) is 12.9. The molecule has 0 aromatic carbocycles. The van der Waals surface area contributed by atoms with Crippen molar-refractivity contribution in [2.45, 2.75) is 360 Å². The number of unbranched alkanes of at least 4 members (excludes halogenated alkanes) is 44. The molecule has 0 aliphatic heterocycles. The fraction of sp³-hybridized carbons (Fsp3) is 0.853. The van der Waals surface area contributed by atoms with E-state index in [1.54, 1.807) is 6.08 Å². The molecule has 3 N–H and O–H groups in total. The molecule has 6 nitrogen and oxygen atoms in total. The summed E-state index contributed by atoms with van der Waals surface area (Å²) in [5.41, 5.74) is 0. The first kappa shape index (κ1) is 71.8. The summed E-state index contributed by atoms with van der Waals surface area (Å²) in [6.07, 6.45) is 81.6. The lowest BCUT2D eigenvalue weighted by molar-refractivity contribution is -0.143. The van der Waals surface area contributed by atoms with Gasteiger partial charge in [-0.15, -0.1) is 0 Å². The lowest BCUT2D eigenvalue weighted by atomic mass is 10.0. The second-order valence-electron chi connectivity index (χ2n) is 22.4. The Hall–Kier alpha value is -2.18. The largest absolute Gasteiger partial charge is 0.466 e. The SMILES string of the molecule is CCCCCCC/C=C\CCCCCCCC(=O)OCCCCCCCCCCC/C=C\C/C=C\CCCCCCCCCC(=O)NC(CO)C(O)/C=C/CCCCCCCCCCCCCCCCCCCC. The molecular formula is C68H127NO5. The van der Waals surface area contributed by atoms with Crippen LogP contribution in [0.1, 0.15) is 348 Å². The second-order valence-corrected chi connectivity index (χ2v) is 22.4. The van der Waals surface area contributed by atoms with Crippen LogP contribution in [-0.4, -0.2) is 47.4 Å². The average Bonchev–Trinajstić information content (AvgIpc) is 3.40. The Bertz CT molecular complexity index is 1240. The minimum atomic E-state index is -0.853. The molecule has 2 unspecified atom stereocenters. The molecule has 74 heavy (non-hydrogen) atoms. The number of hydrogen-bond acceptors (Lipinski definition) is 5. The molecule has 0 rings (SSSR count). The van der Waals surface area contributed by atoms with Crippen LogP contribution in [0.15, 0.2) is 48.6 Å². The van der Waals surface area contributed by atoms with E-state index in [-0.39, 0.29) is 18.5 Å². The molecule has 0 aliphatic rings. The number of carbonyl (C=O) groups excluding carboxylic acids is 2. The number of ether oxygens (including phenoxy) is 1. The van der Waals surface area contributed by atoms with E-state index in [1.807, 2.05) is 6.08 Å². The number of hydrogen-bond donors (Lipinski definition) is 3. The number of carbonyl (C=O) groups is 2. The zero-order valence-electron chi connectivity index (χ0n) is 49.6. The van der Waals surface area contributed by atoms with Gasteiger partial charge in [0.1, 0.15) is 0 Å². The van der Waals surface area contributed by atoms with Gasteiger partial charge in [-0.3, -0.25) is 9.59 Å². The first-order valence-corrected chi connectivity index (χ1v) is 32.9. The van der Waals surface area contributed by atoms with E-state index in [9.17, 15) is 19.8 Å². The Morgan fingerprint density at radius 3 is 1.04 bits per heavy atom. The van der Waals surface area contributed by atoms with Gasteiger partial charge in [0, 0.05) is 12.8 Å². The van der Waals surface area contributed by atoms with Gasteiger partial charge in [-0.05, 0) is 89.9 Å². The highest BCUT2D eigenvalue weighted by Crippen LogP contribution is 2.17. The van der Waals surface area contributed by atoms with Gasteiger partial charge in [0.25, 0.3) is 0 Å². The number of nitrogens with one attached hydrogen (secondary N) is 1. The third-order valence-electron chi connectivity index (χ3n) is 15.1. The van der Waals surface area contributed by atoms with Crippen LogP contribution in [-0.2, 0) is 14.3 Å². The topological polar surface area (TPSA) is 95.9 Å². The van der Waals surface area contributed by atoms with Crippen LogP contribution in [0, 0.1) is 0 Å². The maximum absolute atomic E-state index is 12.5. The van der Waals surface area contributed by atoms with Crippen LogP contribution >= 0.6 is 0 Å². The van der Waals surface area contributed by atoms with Crippen molar-refractivity contribution in [1.29, 1.82) is 0 Å². The third kappa shape index (κ3) is 59.1. The molecule has 0 aromatic heterocycles. The molecular weight excluding hydrogens is 911 g/mol. The Morgan fingerprint density at radius 1 is 0.378 bits per heavy atom. The van der Waals surface area contributed by atoms with Crippen molar-refractivity contribution in [1.82, 2.24) is 5.32 Å². The number of aliphatic hydroxyl groups is 2. The van der Waals surface area contributed by atoms with Gasteiger partial charge in [0.15, 0.2) is 0 Å². The molecule has 0 saturated heterocycles. The van der Waals surface area contributed by atoms with Crippen LogP contribution in [0.2, 0.25) is 0 Å². The van der Waals surface area contributed by atoms with Crippen molar-refractivity contribution in [2.24, 2.45) is 0 Å². The molecule has 0 radical (unpaired) electrons. The molecule has 0 fully saturated rings. The van der Waals surface area contributed by atoms with Crippen LogP contribution in [0.25, 0.3) is 0 Å². The number of allylic oxidation sites excluding steroid dienone is 7. The Balaban J connectivity index is 3.48. The minimum absolute atomic E-state index is 0.00207. The Morgan fingerprint density at radius 2 is 0.676 bits per heavy atom. The van der Waals surface area contributed by atoms with Gasteiger partial charge in [-0.1, -0.05) is 294 Å². The van der Waals surface area contributed by atoms with E-state index < -0.39 is 12.1 Å². The van der Waals surface area contributed by atoms with Gasteiger partial charge in [0.2, 0.25) is 5.91 Å². The molecule has 0 heterocycles. The fourth-order valence-electron chi connectivity index (χ4n) is 10.0. The van der Waals surface area contributed by atoms with E-state index in [0.717, 1.165) is 64.2 Å². The summed E-state index contributed by atoms with van der Waals surface area (Å²) in [6.45, 7) is 4.90. The zero-order valence-corrected chi connectivity index (χ0v) is 49.6. The number of aliphatic hydroxyl groups excluding tert-OH is 2. The van der Waals surface area contributed by atoms with Crippen molar-refractivity contribution < 1.29 is 24.5 Å². The lowest BCUT2D eigenvalue weighted by Gasteiger charge is -2.20. The van der Waals surface area contributed by atoms with Crippen molar-refractivity contribution in [3.8, 4) is 0 Å². The van der Waals surface area contributed by atoms with Crippen LogP contribution in [0.4, 0.5) is 0 Å². The smallest absolute Gasteiger partial charge is 0.305 e. The molecule has 0 aromatic rings.